The van der Waals surface area contributed by atoms with Crippen LogP contribution in [0.4, 0.5) is 4.79 Å². The molecular formula is C11H21N3O5S. The van der Waals surface area contributed by atoms with Crippen molar-refractivity contribution in [3.63, 3.8) is 0 Å². The Morgan fingerprint density at radius 3 is 2.60 bits per heavy atom. The summed E-state index contributed by atoms with van der Waals surface area (Å²) < 4.78 is 24.1. The lowest BCUT2D eigenvalue weighted by Crippen LogP contribution is -2.48. The number of urea groups is 1. The third kappa shape index (κ3) is 4.64. The predicted molar refractivity (Wildman–Crippen MR) is 72.8 cm³/mol. The summed E-state index contributed by atoms with van der Waals surface area (Å²) in [6.07, 6.45) is 1.20. The summed E-state index contributed by atoms with van der Waals surface area (Å²) in [5, 5.41) is 11.4. The molecule has 1 atom stereocenters. The van der Waals surface area contributed by atoms with Crippen LogP contribution in [0.5, 0.6) is 0 Å². The molecule has 1 saturated heterocycles. The number of nitrogens with one attached hydrogen (secondary N) is 1. The van der Waals surface area contributed by atoms with Crippen molar-refractivity contribution >= 4 is 22.0 Å². The molecule has 1 aliphatic rings. The molecule has 0 unspecified atom stereocenters. The number of carboxylic acid groups (broad SMARTS) is 1. The maximum absolute atomic E-state index is 11.8. The summed E-state index contributed by atoms with van der Waals surface area (Å²) in [7, 11) is -0.483. The highest BCUT2D eigenvalue weighted by atomic mass is 32.2. The van der Waals surface area contributed by atoms with Gasteiger partial charge < -0.3 is 15.3 Å². The molecule has 1 heterocycles. The van der Waals surface area contributed by atoms with Crippen molar-refractivity contribution in [3.05, 3.63) is 0 Å². The molecule has 20 heavy (non-hydrogen) atoms. The van der Waals surface area contributed by atoms with Crippen LogP contribution in [0.15, 0.2) is 0 Å². The molecule has 0 aromatic carbocycles. The number of sulfonamides is 1. The Morgan fingerprint density at radius 1 is 1.40 bits per heavy atom. The van der Waals surface area contributed by atoms with Crippen LogP contribution in [0, 0.1) is 5.92 Å². The second kappa shape index (κ2) is 6.89. The lowest BCUT2D eigenvalue weighted by atomic mass is 9.99. The Balaban J connectivity index is 2.41. The molecule has 0 saturated carbocycles. The molecule has 9 heteroatoms. The van der Waals surface area contributed by atoms with Crippen molar-refractivity contribution < 1.29 is 23.1 Å². The number of carbonyl (C=O) groups excluding carboxylic acids is 1. The number of hydrogen-bond acceptors (Lipinski definition) is 4. The molecule has 0 aliphatic carbocycles. The minimum absolute atomic E-state index is 0.00752. The topological polar surface area (TPSA) is 107 Å². The fourth-order valence-corrected chi connectivity index (χ4v) is 2.67. The number of aliphatic carboxylic acids is 1. The van der Waals surface area contributed by atoms with Crippen LogP contribution in [0.3, 0.4) is 0 Å². The Bertz CT molecular complexity index is 463. The zero-order valence-electron chi connectivity index (χ0n) is 11.7. The van der Waals surface area contributed by atoms with Gasteiger partial charge in [0.25, 0.3) is 0 Å². The van der Waals surface area contributed by atoms with Crippen LogP contribution in [-0.4, -0.2) is 74.2 Å². The summed E-state index contributed by atoms with van der Waals surface area (Å²) in [6, 6.07) is -0.412. The molecule has 0 aromatic heterocycles. The largest absolute Gasteiger partial charge is 0.481 e. The average molecular weight is 307 g/mol. The smallest absolute Gasteiger partial charge is 0.317 e. The van der Waals surface area contributed by atoms with Crippen molar-refractivity contribution in [3.8, 4) is 0 Å². The van der Waals surface area contributed by atoms with Gasteiger partial charge in [-0.3, -0.25) is 4.79 Å². The van der Waals surface area contributed by atoms with Gasteiger partial charge in [-0.25, -0.2) is 17.5 Å². The second-order valence-electron chi connectivity index (χ2n) is 4.95. The van der Waals surface area contributed by atoms with E-state index in [0.29, 0.717) is 19.4 Å². The minimum atomic E-state index is -3.34. The van der Waals surface area contributed by atoms with E-state index in [1.165, 1.54) is 19.0 Å². The zero-order valence-corrected chi connectivity index (χ0v) is 12.5. The van der Waals surface area contributed by atoms with Crippen LogP contribution < -0.4 is 5.32 Å². The molecule has 0 spiro atoms. The van der Waals surface area contributed by atoms with Crippen molar-refractivity contribution in [2.24, 2.45) is 5.92 Å². The van der Waals surface area contributed by atoms with Gasteiger partial charge in [-0.1, -0.05) is 0 Å². The van der Waals surface area contributed by atoms with Gasteiger partial charge in [0.1, 0.15) is 0 Å². The number of piperidine rings is 1. The maximum atomic E-state index is 11.8. The van der Waals surface area contributed by atoms with Crippen molar-refractivity contribution in [2.45, 2.75) is 12.8 Å². The summed E-state index contributed by atoms with van der Waals surface area (Å²) in [5.41, 5.74) is 0. The van der Waals surface area contributed by atoms with Gasteiger partial charge in [0.2, 0.25) is 10.0 Å². The number of likely N-dealkylation sites (tertiary alicyclic amines) is 1. The Kier molecular flexibility index (Phi) is 5.75. The second-order valence-corrected chi connectivity index (χ2v) is 7.26. The summed E-state index contributed by atoms with van der Waals surface area (Å²) >= 11 is 0. The first kappa shape index (κ1) is 16.7. The highest BCUT2D eigenvalue weighted by molar-refractivity contribution is 7.89. The third-order valence-corrected chi connectivity index (χ3v) is 5.08. The molecule has 1 fully saturated rings. The van der Waals surface area contributed by atoms with Crippen molar-refractivity contribution in [2.75, 3.05) is 39.5 Å². The van der Waals surface area contributed by atoms with Gasteiger partial charge in [-0.15, -0.1) is 0 Å². The van der Waals surface area contributed by atoms with Crippen molar-refractivity contribution in [1.29, 1.82) is 0 Å². The number of rotatable bonds is 5. The van der Waals surface area contributed by atoms with E-state index in [1.807, 2.05) is 0 Å². The van der Waals surface area contributed by atoms with E-state index in [-0.39, 0.29) is 18.8 Å². The SMILES string of the molecule is CN(C)S(=O)(=O)CCNC(=O)N1CCC[C@@H](C(=O)O)C1. The molecule has 116 valence electrons. The van der Waals surface area contributed by atoms with Gasteiger partial charge in [0.15, 0.2) is 0 Å². The maximum Gasteiger partial charge on any atom is 0.317 e. The monoisotopic (exact) mass is 307 g/mol. The van der Waals surface area contributed by atoms with E-state index in [0.717, 1.165) is 4.31 Å². The summed E-state index contributed by atoms with van der Waals surface area (Å²) in [5.74, 6) is -1.63. The molecule has 2 amide bonds. The standard InChI is InChI=1S/C11H21N3O5S/c1-13(2)20(18,19)7-5-12-11(17)14-6-3-4-9(8-14)10(15)16/h9H,3-8H2,1-2H3,(H,12,17)(H,15,16)/t9-/m1/s1. The number of amides is 2. The lowest BCUT2D eigenvalue weighted by Gasteiger charge is -2.30. The molecule has 0 aromatic rings. The molecule has 1 aliphatic heterocycles. The predicted octanol–water partition coefficient (Wildman–Crippen LogP) is -0.616. The highest BCUT2D eigenvalue weighted by Crippen LogP contribution is 2.16. The van der Waals surface area contributed by atoms with E-state index >= 15 is 0 Å². The first-order valence-corrected chi connectivity index (χ1v) is 8.00. The van der Waals surface area contributed by atoms with Crippen LogP contribution in [0.25, 0.3) is 0 Å². The van der Waals surface area contributed by atoms with E-state index in [1.54, 1.807) is 0 Å². The first-order chi connectivity index (χ1) is 9.24. The summed E-state index contributed by atoms with van der Waals surface area (Å²) in [6.45, 7) is 0.672. The van der Waals surface area contributed by atoms with E-state index in [9.17, 15) is 18.0 Å². The quantitative estimate of drug-likeness (QED) is 0.704. The molecule has 8 nitrogen and oxygen atoms in total. The van der Waals surface area contributed by atoms with E-state index in [2.05, 4.69) is 5.32 Å². The number of carboxylic acids is 1. The van der Waals surface area contributed by atoms with E-state index in [4.69, 9.17) is 5.11 Å². The van der Waals surface area contributed by atoms with Crippen LogP contribution >= 0.6 is 0 Å². The summed E-state index contributed by atoms with van der Waals surface area (Å²) in [4.78, 5) is 24.2. The van der Waals surface area contributed by atoms with Gasteiger partial charge in [-0.05, 0) is 12.8 Å². The third-order valence-electron chi connectivity index (χ3n) is 3.25. The van der Waals surface area contributed by atoms with Crippen LogP contribution in [-0.2, 0) is 14.8 Å². The molecule has 0 radical (unpaired) electrons. The number of carbonyl (C=O) groups is 2. The van der Waals surface area contributed by atoms with Gasteiger partial charge in [-0.2, -0.15) is 0 Å². The average Bonchev–Trinajstić information content (AvgIpc) is 2.38. The fraction of sp³-hybridized carbons (Fsp3) is 0.818. The van der Waals surface area contributed by atoms with Gasteiger partial charge >= 0.3 is 12.0 Å². The Labute approximate surface area is 118 Å². The zero-order chi connectivity index (χ0) is 15.3. The van der Waals surface area contributed by atoms with Crippen molar-refractivity contribution in [1.82, 2.24) is 14.5 Å². The van der Waals surface area contributed by atoms with Gasteiger partial charge in [0, 0.05) is 33.7 Å². The molecular weight excluding hydrogens is 286 g/mol. The number of nitrogens with zero attached hydrogens (tertiary/aromatic N) is 2. The minimum Gasteiger partial charge on any atom is -0.481 e. The lowest BCUT2D eigenvalue weighted by molar-refractivity contribution is -0.143. The molecule has 2 N–H and O–H groups in total. The molecule has 1 rings (SSSR count). The first-order valence-electron chi connectivity index (χ1n) is 6.40. The van der Waals surface area contributed by atoms with Crippen LogP contribution in [0.1, 0.15) is 12.8 Å². The Hall–Kier alpha value is -1.35. The molecule has 0 bridgehead atoms. The fourth-order valence-electron chi connectivity index (χ4n) is 1.94. The number of hydrogen-bond donors (Lipinski definition) is 2. The van der Waals surface area contributed by atoms with Crippen LogP contribution in [0.2, 0.25) is 0 Å². The highest BCUT2D eigenvalue weighted by Gasteiger charge is 2.28. The normalized spacial score (nSPS) is 19.9. The van der Waals surface area contributed by atoms with Gasteiger partial charge in [0.05, 0.1) is 11.7 Å². The van der Waals surface area contributed by atoms with E-state index < -0.39 is 27.9 Å². The Morgan fingerprint density at radius 2 is 2.05 bits per heavy atom.